The average Bonchev–Trinajstić information content (AvgIpc) is 2.49. The summed E-state index contributed by atoms with van der Waals surface area (Å²) < 4.78 is 6.05. The molecule has 21 heavy (non-hydrogen) atoms. The summed E-state index contributed by atoms with van der Waals surface area (Å²) in [5.41, 5.74) is 3.68. The van der Waals surface area contributed by atoms with Crippen LogP contribution in [-0.4, -0.2) is 24.3 Å². The van der Waals surface area contributed by atoms with Gasteiger partial charge >= 0.3 is 0 Å². The highest BCUT2D eigenvalue weighted by atomic mass is 127. The van der Waals surface area contributed by atoms with Gasteiger partial charge in [-0.2, -0.15) is 5.10 Å². The lowest BCUT2D eigenvalue weighted by atomic mass is 10.2. The number of phenols is 1. The van der Waals surface area contributed by atoms with Gasteiger partial charge in [0.1, 0.15) is 0 Å². The first-order valence-corrected chi connectivity index (χ1v) is 7.14. The number of hydrazone groups is 1. The molecular weight excluding hydrogens is 383 g/mol. The first kappa shape index (κ1) is 15.3. The van der Waals surface area contributed by atoms with Crippen molar-refractivity contribution in [2.24, 2.45) is 5.10 Å². The highest BCUT2D eigenvalue weighted by molar-refractivity contribution is 14.1. The zero-order chi connectivity index (χ0) is 15.2. The number of phenolic OH excluding ortho intramolecular Hbond substituents is 1. The second-order valence-corrected chi connectivity index (χ2v) is 5.38. The second-order valence-electron chi connectivity index (χ2n) is 4.14. The van der Waals surface area contributed by atoms with E-state index in [-0.39, 0.29) is 11.7 Å². The van der Waals surface area contributed by atoms with Gasteiger partial charge in [-0.05, 0) is 70.6 Å². The Balaban J connectivity index is 2.02. The minimum Gasteiger partial charge on any atom is -0.504 e. The lowest BCUT2D eigenvalue weighted by molar-refractivity contribution is 0.0955. The summed E-state index contributed by atoms with van der Waals surface area (Å²) in [6.45, 7) is 0. The predicted octanol–water partition coefficient (Wildman–Crippen LogP) is 2.77. The van der Waals surface area contributed by atoms with Gasteiger partial charge in [-0.25, -0.2) is 5.43 Å². The molecule has 2 aromatic carbocycles. The van der Waals surface area contributed by atoms with E-state index in [9.17, 15) is 9.90 Å². The molecule has 0 fully saturated rings. The molecular formula is C15H13IN2O3. The molecule has 108 valence electrons. The number of rotatable bonds is 4. The quantitative estimate of drug-likeness (QED) is 0.475. The summed E-state index contributed by atoms with van der Waals surface area (Å²) in [5, 5.41) is 13.4. The molecule has 0 aliphatic heterocycles. The zero-order valence-corrected chi connectivity index (χ0v) is 13.4. The van der Waals surface area contributed by atoms with Crippen LogP contribution in [-0.2, 0) is 0 Å². The van der Waals surface area contributed by atoms with E-state index in [1.54, 1.807) is 24.3 Å². The van der Waals surface area contributed by atoms with Gasteiger partial charge in [0.15, 0.2) is 11.5 Å². The van der Waals surface area contributed by atoms with Gasteiger partial charge < -0.3 is 9.84 Å². The molecule has 0 saturated heterocycles. The van der Waals surface area contributed by atoms with E-state index in [1.807, 2.05) is 12.1 Å². The number of nitrogens with one attached hydrogen (secondary N) is 1. The van der Waals surface area contributed by atoms with E-state index < -0.39 is 0 Å². The van der Waals surface area contributed by atoms with Crippen molar-refractivity contribution in [1.82, 2.24) is 5.43 Å². The Bertz CT molecular complexity index is 669. The van der Waals surface area contributed by atoms with Crippen molar-refractivity contribution in [1.29, 1.82) is 0 Å². The maximum atomic E-state index is 11.8. The molecule has 2 N–H and O–H groups in total. The van der Waals surface area contributed by atoms with E-state index in [0.29, 0.717) is 16.9 Å². The largest absolute Gasteiger partial charge is 0.504 e. The van der Waals surface area contributed by atoms with Gasteiger partial charge in [0, 0.05) is 9.13 Å². The van der Waals surface area contributed by atoms with Crippen molar-refractivity contribution in [3.8, 4) is 11.5 Å². The van der Waals surface area contributed by atoms with Crippen LogP contribution in [0.5, 0.6) is 11.5 Å². The number of aromatic hydroxyl groups is 1. The first-order chi connectivity index (χ1) is 10.1. The number of halogens is 1. The first-order valence-electron chi connectivity index (χ1n) is 6.06. The number of amides is 1. The van der Waals surface area contributed by atoms with E-state index in [0.717, 1.165) is 3.57 Å². The maximum absolute atomic E-state index is 11.8. The minimum atomic E-state index is -0.284. The molecule has 0 atom stereocenters. The Hall–Kier alpha value is -2.09. The van der Waals surface area contributed by atoms with Crippen molar-refractivity contribution < 1.29 is 14.6 Å². The number of benzene rings is 2. The molecule has 0 unspecified atom stereocenters. The number of carbonyl (C=O) groups excluding carboxylic acids is 1. The van der Waals surface area contributed by atoms with Crippen molar-refractivity contribution >= 4 is 34.7 Å². The molecule has 0 spiro atoms. The molecule has 0 bridgehead atoms. The molecule has 0 aliphatic carbocycles. The van der Waals surface area contributed by atoms with Gasteiger partial charge in [0.05, 0.1) is 13.3 Å². The molecule has 0 aromatic heterocycles. The summed E-state index contributed by atoms with van der Waals surface area (Å²) in [6, 6.07) is 12.0. The fraction of sp³-hybridized carbons (Fsp3) is 0.0667. The third kappa shape index (κ3) is 4.19. The molecule has 2 aromatic rings. The summed E-state index contributed by atoms with van der Waals surface area (Å²) in [6.07, 6.45) is 1.48. The number of methoxy groups -OCH3 is 1. The zero-order valence-electron chi connectivity index (χ0n) is 11.2. The lowest BCUT2D eigenvalue weighted by Gasteiger charge is -2.03. The van der Waals surface area contributed by atoms with E-state index >= 15 is 0 Å². The summed E-state index contributed by atoms with van der Waals surface area (Å²) in [4.78, 5) is 11.8. The second kappa shape index (κ2) is 7.07. The normalized spacial score (nSPS) is 10.6. The Kier molecular flexibility index (Phi) is 5.15. The SMILES string of the molecule is COc1cc(/C=N\NC(=O)c2ccc(I)cc2)ccc1O. The van der Waals surface area contributed by atoms with E-state index in [4.69, 9.17) is 4.74 Å². The van der Waals surface area contributed by atoms with Crippen LogP contribution in [0, 0.1) is 3.57 Å². The fourth-order valence-electron chi connectivity index (χ4n) is 1.61. The van der Waals surface area contributed by atoms with Crippen molar-refractivity contribution in [3.05, 3.63) is 57.2 Å². The van der Waals surface area contributed by atoms with Crippen LogP contribution < -0.4 is 10.2 Å². The summed E-state index contributed by atoms with van der Waals surface area (Å²) >= 11 is 2.17. The van der Waals surface area contributed by atoms with Crippen LogP contribution in [0.2, 0.25) is 0 Å². The van der Waals surface area contributed by atoms with E-state index in [2.05, 4.69) is 33.1 Å². The summed E-state index contributed by atoms with van der Waals surface area (Å²) in [5.74, 6) is 0.119. The third-order valence-electron chi connectivity index (χ3n) is 2.69. The summed E-state index contributed by atoms with van der Waals surface area (Å²) in [7, 11) is 1.47. The standard InChI is InChI=1S/C15H13IN2O3/c1-21-14-8-10(2-7-13(14)19)9-17-18-15(20)11-3-5-12(16)6-4-11/h2-9,19H,1H3,(H,18,20)/b17-9-. The predicted molar refractivity (Wildman–Crippen MR) is 88.9 cm³/mol. The Morgan fingerprint density at radius 2 is 2.00 bits per heavy atom. The van der Waals surface area contributed by atoms with Crippen LogP contribution in [0.4, 0.5) is 0 Å². The molecule has 5 nitrogen and oxygen atoms in total. The van der Waals surface area contributed by atoms with Crippen molar-refractivity contribution in [3.63, 3.8) is 0 Å². The number of hydrogen-bond donors (Lipinski definition) is 2. The molecule has 0 radical (unpaired) electrons. The van der Waals surface area contributed by atoms with Crippen molar-refractivity contribution in [2.45, 2.75) is 0 Å². The van der Waals surface area contributed by atoms with Crippen LogP contribution >= 0.6 is 22.6 Å². The van der Waals surface area contributed by atoms with Gasteiger partial charge in [-0.3, -0.25) is 4.79 Å². The number of hydrogen-bond acceptors (Lipinski definition) is 4. The molecule has 0 heterocycles. The average molecular weight is 396 g/mol. The van der Waals surface area contributed by atoms with Gasteiger partial charge in [0.25, 0.3) is 5.91 Å². The van der Waals surface area contributed by atoms with Crippen molar-refractivity contribution in [2.75, 3.05) is 7.11 Å². The molecule has 0 saturated carbocycles. The molecule has 2 rings (SSSR count). The minimum absolute atomic E-state index is 0.0533. The van der Waals surface area contributed by atoms with E-state index in [1.165, 1.54) is 19.4 Å². The Labute approximate surface area is 135 Å². The molecule has 0 aliphatic rings. The third-order valence-corrected chi connectivity index (χ3v) is 3.41. The smallest absolute Gasteiger partial charge is 0.271 e. The number of carbonyl (C=O) groups is 1. The highest BCUT2D eigenvalue weighted by Gasteiger charge is 2.04. The fourth-order valence-corrected chi connectivity index (χ4v) is 1.97. The number of nitrogens with zero attached hydrogens (tertiary/aromatic N) is 1. The van der Waals surface area contributed by atoms with Gasteiger partial charge in [-0.1, -0.05) is 0 Å². The van der Waals surface area contributed by atoms with Crippen LogP contribution in [0.15, 0.2) is 47.6 Å². The Morgan fingerprint density at radius 1 is 1.29 bits per heavy atom. The van der Waals surface area contributed by atoms with Crippen LogP contribution in [0.1, 0.15) is 15.9 Å². The molecule has 1 amide bonds. The topological polar surface area (TPSA) is 70.9 Å². The number of ether oxygens (including phenoxy) is 1. The Morgan fingerprint density at radius 3 is 2.67 bits per heavy atom. The highest BCUT2D eigenvalue weighted by Crippen LogP contribution is 2.25. The monoisotopic (exact) mass is 396 g/mol. The van der Waals surface area contributed by atoms with Gasteiger partial charge in [0.2, 0.25) is 0 Å². The van der Waals surface area contributed by atoms with Gasteiger partial charge in [-0.15, -0.1) is 0 Å². The maximum Gasteiger partial charge on any atom is 0.271 e. The molecule has 6 heteroatoms. The lowest BCUT2D eigenvalue weighted by Crippen LogP contribution is -2.17. The van der Waals surface area contributed by atoms with Crippen LogP contribution in [0.3, 0.4) is 0 Å². The van der Waals surface area contributed by atoms with Crippen LogP contribution in [0.25, 0.3) is 0 Å².